The Morgan fingerprint density at radius 1 is 1.06 bits per heavy atom. The first-order chi connectivity index (χ1) is 14.9. The molecule has 10 heteroatoms. The van der Waals surface area contributed by atoms with Crippen LogP contribution in [-0.2, 0) is 0 Å². The van der Waals surface area contributed by atoms with Crippen molar-refractivity contribution in [1.29, 1.82) is 0 Å². The fourth-order valence-corrected chi connectivity index (χ4v) is 3.97. The second-order valence-corrected chi connectivity index (χ2v) is 7.37. The number of fused-ring (bicyclic) bond motifs is 1. The SMILES string of the molecule is O=C1c2ccccc2C(=O)N1[C@@H](C[N+](=O)[O-])[C@@H](C(=O)n1cccn1)c1cccc(Cl)c1. The molecule has 2 aromatic carbocycles. The zero-order valence-corrected chi connectivity index (χ0v) is 16.7. The van der Waals surface area contributed by atoms with Gasteiger partial charge < -0.3 is 0 Å². The Kier molecular flexibility index (Phi) is 5.35. The van der Waals surface area contributed by atoms with Crippen LogP contribution >= 0.6 is 11.6 Å². The Balaban J connectivity index is 1.86. The van der Waals surface area contributed by atoms with Crippen LogP contribution in [-0.4, -0.2) is 49.9 Å². The number of imide groups is 1. The molecule has 31 heavy (non-hydrogen) atoms. The van der Waals surface area contributed by atoms with E-state index in [0.29, 0.717) is 10.6 Å². The lowest BCUT2D eigenvalue weighted by Gasteiger charge is -2.30. The molecule has 1 aromatic heterocycles. The van der Waals surface area contributed by atoms with E-state index in [1.54, 1.807) is 30.3 Å². The summed E-state index contributed by atoms with van der Waals surface area (Å²) >= 11 is 6.10. The van der Waals surface area contributed by atoms with Crippen molar-refractivity contribution in [3.05, 3.63) is 98.8 Å². The second-order valence-electron chi connectivity index (χ2n) is 6.93. The van der Waals surface area contributed by atoms with E-state index in [9.17, 15) is 24.5 Å². The van der Waals surface area contributed by atoms with Crippen LogP contribution in [0.1, 0.15) is 37.0 Å². The Bertz CT molecular complexity index is 1160. The van der Waals surface area contributed by atoms with Gasteiger partial charge in [-0.25, -0.2) is 4.68 Å². The second kappa shape index (κ2) is 8.11. The number of carbonyl (C=O) groups is 3. The van der Waals surface area contributed by atoms with Crippen LogP contribution in [0, 0.1) is 10.1 Å². The first-order valence-electron chi connectivity index (χ1n) is 9.26. The van der Waals surface area contributed by atoms with Gasteiger partial charge in [-0.2, -0.15) is 5.10 Å². The molecule has 1 aliphatic rings. The van der Waals surface area contributed by atoms with Gasteiger partial charge in [0.2, 0.25) is 6.54 Å². The van der Waals surface area contributed by atoms with Crippen molar-refractivity contribution in [2.45, 2.75) is 12.0 Å². The third-order valence-electron chi connectivity index (χ3n) is 5.08. The topological polar surface area (TPSA) is 115 Å². The third kappa shape index (κ3) is 3.71. The molecule has 3 aromatic rings. The number of nitro groups is 1. The van der Waals surface area contributed by atoms with Gasteiger partial charge in [-0.05, 0) is 35.9 Å². The van der Waals surface area contributed by atoms with Crippen LogP contribution in [0.5, 0.6) is 0 Å². The average molecular weight is 439 g/mol. The smallest absolute Gasteiger partial charge is 0.262 e. The van der Waals surface area contributed by atoms with E-state index < -0.39 is 41.1 Å². The molecule has 0 N–H and O–H groups in total. The quantitative estimate of drug-likeness (QED) is 0.332. The molecular weight excluding hydrogens is 424 g/mol. The summed E-state index contributed by atoms with van der Waals surface area (Å²) < 4.78 is 1.02. The van der Waals surface area contributed by atoms with Crippen molar-refractivity contribution in [1.82, 2.24) is 14.7 Å². The van der Waals surface area contributed by atoms with Gasteiger partial charge >= 0.3 is 0 Å². The van der Waals surface area contributed by atoms with Crippen molar-refractivity contribution in [2.75, 3.05) is 6.54 Å². The monoisotopic (exact) mass is 438 g/mol. The van der Waals surface area contributed by atoms with Crippen LogP contribution in [0.2, 0.25) is 5.02 Å². The van der Waals surface area contributed by atoms with Gasteiger partial charge in [0.1, 0.15) is 6.04 Å². The summed E-state index contributed by atoms with van der Waals surface area (Å²) in [7, 11) is 0. The van der Waals surface area contributed by atoms with Gasteiger partial charge in [-0.15, -0.1) is 0 Å². The normalized spacial score (nSPS) is 14.9. The highest BCUT2D eigenvalue weighted by Gasteiger charge is 2.48. The molecule has 156 valence electrons. The molecule has 0 unspecified atom stereocenters. The number of hydrogen-bond acceptors (Lipinski definition) is 6. The average Bonchev–Trinajstić information content (AvgIpc) is 3.35. The lowest BCUT2D eigenvalue weighted by atomic mass is 9.89. The van der Waals surface area contributed by atoms with Crippen LogP contribution in [0.15, 0.2) is 67.0 Å². The Morgan fingerprint density at radius 2 is 1.74 bits per heavy atom. The molecular formula is C21H15ClN4O5. The first-order valence-corrected chi connectivity index (χ1v) is 9.64. The Morgan fingerprint density at radius 3 is 2.29 bits per heavy atom. The van der Waals surface area contributed by atoms with Crippen molar-refractivity contribution in [2.24, 2.45) is 0 Å². The molecule has 1 aliphatic heterocycles. The maximum atomic E-state index is 13.4. The predicted molar refractivity (Wildman–Crippen MR) is 110 cm³/mol. The highest BCUT2D eigenvalue weighted by Crippen LogP contribution is 2.33. The largest absolute Gasteiger partial charge is 0.272 e. The Labute approximate surface area is 181 Å². The van der Waals surface area contributed by atoms with Crippen LogP contribution < -0.4 is 0 Å². The fourth-order valence-electron chi connectivity index (χ4n) is 3.77. The molecule has 0 saturated heterocycles. The van der Waals surface area contributed by atoms with Crippen molar-refractivity contribution < 1.29 is 19.3 Å². The minimum absolute atomic E-state index is 0.136. The van der Waals surface area contributed by atoms with E-state index in [1.807, 2.05) is 0 Å². The number of nitrogens with zero attached hydrogens (tertiary/aromatic N) is 4. The molecule has 0 bridgehead atoms. The summed E-state index contributed by atoms with van der Waals surface area (Å²) in [4.78, 5) is 51.2. The lowest BCUT2D eigenvalue weighted by Crippen LogP contribution is -2.50. The molecule has 0 fully saturated rings. The maximum Gasteiger partial charge on any atom is 0.262 e. The fraction of sp³-hybridized carbons (Fsp3) is 0.143. The van der Waals surface area contributed by atoms with Gasteiger partial charge in [-0.3, -0.25) is 29.4 Å². The van der Waals surface area contributed by atoms with Gasteiger partial charge in [0, 0.05) is 22.3 Å². The molecule has 0 aliphatic carbocycles. The van der Waals surface area contributed by atoms with E-state index in [4.69, 9.17) is 11.6 Å². The van der Waals surface area contributed by atoms with Gasteiger partial charge in [0.25, 0.3) is 17.7 Å². The highest BCUT2D eigenvalue weighted by molar-refractivity contribution is 6.30. The predicted octanol–water partition coefficient (Wildman–Crippen LogP) is 2.90. The third-order valence-corrected chi connectivity index (χ3v) is 5.32. The molecule has 9 nitrogen and oxygen atoms in total. The molecule has 2 amide bonds. The van der Waals surface area contributed by atoms with E-state index in [1.165, 1.54) is 36.7 Å². The minimum atomic E-state index is -1.39. The summed E-state index contributed by atoms with van der Waals surface area (Å²) in [5.74, 6) is -3.26. The number of hydrogen-bond donors (Lipinski definition) is 0. The number of halogens is 1. The number of amides is 2. The van der Waals surface area contributed by atoms with Crippen LogP contribution in [0.25, 0.3) is 0 Å². The van der Waals surface area contributed by atoms with E-state index in [0.717, 1.165) is 9.58 Å². The van der Waals surface area contributed by atoms with Crippen molar-refractivity contribution >= 4 is 29.3 Å². The summed E-state index contributed by atoms with van der Waals surface area (Å²) in [5.41, 5.74) is 0.603. The standard InChI is InChI=1S/C21H15ClN4O5/c22-14-6-3-5-13(11-14)18(21(29)24-10-4-9-23-24)17(12-25(30)31)26-19(27)15-7-1-2-8-16(15)20(26)28/h1-11,17-18H,12H2/t17-,18-/m0/s1. The van der Waals surface area contributed by atoms with Crippen LogP contribution in [0.3, 0.4) is 0 Å². The minimum Gasteiger partial charge on any atom is -0.272 e. The molecule has 4 rings (SSSR count). The summed E-state index contributed by atoms with van der Waals surface area (Å²) in [5, 5.41) is 15.8. The molecule has 0 spiro atoms. The van der Waals surface area contributed by atoms with Gasteiger partial charge in [0.05, 0.1) is 17.0 Å². The van der Waals surface area contributed by atoms with Gasteiger partial charge in [0.15, 0.2) is 0 Å². The zero-order chi connectivity index (χ0) is 22.1. The van der Waals surface area contributed by atoms with Crippen molar-refractivity contribution in [3.8, 4) is 0 Å². The van der Waals surface area contributed by atoms with Crippen molar-refractivity contribution in [3.63, 3.8) is 0 Å². The van der Waals surface area contributed by atoms with E-state index >= 15 is 0 Å². The molecule has 2 heterocycles. The van der Waals surface area contributed by atoms with Crippen LogP contribution in [0.4, 0.5) is 0 Å². The zero-order valence-electron chi connectivity index (χ0n) is 15.9. The first kappa shape index (κ1) is 20.4. The highest BCUT2D eigenvalue weighted by atomic mass is 35.5. The summed E-state index contributed by atoms with van der Waals surface area (Å²) in [6.07, 6.45) is 2.78. The van der Waals surface area contributed by atoms with Gasteiger partial charge in [-0.1, -0.05) is 35.9 Å². The molecule has 2 atom stereocenters. The number of benzene rings is 2. The Hall–Kier alpha value is -3.85. The number of rotatable bonds is 6. The van der Waals surface area contributed by atoms with E-state index in [-0.39, 0.29) is 11.1 Å². The number of aromatic nitrogens is 2. The summed E-state index contributed by atoms with van der Waals surface area (Å²) in [6, 6.07) is 12.5. The maximum absolute atomic E-state index is 13.4. The molecule has 0 radical (unpaired) electrons. The lowest BCUT2D eigenvalue weighted by molar-refractivity contribution is -0.485. The number of carbonyl (C=O) groups excluding carboxylic acids is 3. The summed E-state index contributed by atoms with van der Waals surface area (Å²) in [6.45, 7) is -0.824. The molecule has 0 saturated carbocycles. The van der Waals surface area contributed by atoms with E-state index in [2.05, 4.69) is 5.10 Å².